The summed E-state index contributed by atoms with van der Waals surface area (Å²) in [5, 5.41) is 21.3. The number of carbonyl (C=O) groups excluding carboxylic acids is 2. The average molecular weight is 579 g/mol. The number of allylic oxidation sites excluding steroid dienone is 2. The fourth-order valence-electron chi connectivity index (χ4n) is 5.22. The van der Waals surface area contributed by atoms with Gasteiger partial charge in [-0.1, -0.05) is 42.5 Å². The van der Waals surface area contributed by atoms with Crippen LogP contribution in [0, 0.1) is 11.8 Å². The van der Waals surface area contributed by atoms with Gasteiger partial charge >= 0.3 is 11.9 Å². The van der Waals surface area contributed by atoms with Crippen LogP contribution in [0.4, 0.5) is 0 Å². The number of aliphatic hydroxyl groups is 2. The van der Waals surface area contributed by atoms with Gasteiger partial charge in [0.25, 0.3) is 0 Å². The number of methoxy groups -OCH3 is 1. The summed E-state index contributed by atoms with van der Waals surface area (Å²) in [6.45, 7) is 3.94. The molecule has 1 saturated carbocycles. The number of hydrogen-bond acceptors (Lipinski definition) is 9. The van der Waals surface area contributed by atoms with Crippen LogP contribution in [0.3, 0.4) is 0 Å². The SMILES string of the molecule is COCCOCCOCCOC(=O)CCC/C=C\C[C@@H]1[C@@H](CC[C@@H](O)CCc2ccccc2)[C@H](O)C[C@@H]1OC(C)=O. The molecule has 0 unspecified atom stereocenters. The Labute approximate surface area is 245 Å². The molecule has 2 rings (SSSR count). The first-order chi connectivity index (χ1) is 19.9. The van der Waals surface area contributed by atoms with Crippen LogP contribution in [-0.4, -0.2) is 87.2 Å². The van der Waals surface area contributed by atoms with Gasteiger partial charge in [-0.3, -0.25) is 9.59 Å². The van der Waals surface area contributed by atoms with Gasteiger partial charge < -0.3 is 33.9 Å². The number of aliphatic hydroxyl groups excluding tert-OH is 2. The van der Waals surface area contributed by atoms with Gasteiger partial charge in [-0.2, -0.15) is 0 Å². The van der Waals surface area contributed by atoms with Crippen molar-refractivity contribution in [3.63, 3.8) is 0 Å². The van der Waals surface area contributed by atoms with Gasteiger partial charge in [0.2, 0.25) is 0 Å². The van der Waals surface area contributed by atoms with E-state index in [0.717, 1.165) is 12.8 Å². The predicted octanol–water partition coefficient (Wildman–Crippen LogP) is 4.03. The summed E-state index contributed by atoms with van der Waals surface area (Å²) < 4.78 is 26.3. The number of benzene rings is 1. The molecule has 9 nitrogen and oxygen atoms in total. The van der Waals surface area contributed by atoms with E-state index in [0.29, 0.717) is 78.0 Å². The molecule has 0 saturated heterocycles. The van der Waals surface area contributed by atoms with Crippen LogP contribution >= 0.6 is 0 Å². The Hall–Kier alpha value is -2.30. The zero-order chi connectivity index (χ0) is 29.7. The smallest absolute Gasteiger partial charge is 0.305 e. The van der Waals surface area contributed by atoms with Crippen molar-refractivity contribution in [2.45, 2.75) is 83.0 Å². The maximum Gasteiger partial charge on any atom is 0.305 e. The zero-order valence-electron chi connectivity index (χ0n) is 24.8. The second-order valence-electron chi connectivity index (χ2n) is 10.6. The molecule has 0 heterocycles. The molecule has 0 radical (unpaired) electrons. The fourth-order valence-corrected chi connectivity index (χ4v) is 5.22. The first-order valence-electron chi connectivity index (χ1n) is 14.9. The average Bonchev–Trinajstić information content (AvgIpc) is 3.24. The fraction of sp³-hybridized carbons (Fsp3) is 0.688. The van der Waals surface area contributed by atoms with E-state index in [9.17, 15) is 19.8 Å². The molecule has 1 aromatic rings. The largest absolute Gasteiger partial charge is 0.463 e. The van der Waals surface area contributed by atoms with E-state index < -0.39 is 12.2 Å². The monoisotopic (exact) mass is 578 g/mol. The highest BCUT2D eigenvalue weighted by atomic mass is 16.6. The molecule has 0 aromatic heterocycles. The summed E-state index contributed by atoms with van der Waals surface area (Å²) in [5.41, 5.74) is 1.20. The molecule has 9 heteroatoms. The van der Waals surface area contributed by atoms with Crippen molar-refractivity contribution in [3.8, 4) is 0 Å². The van der Waals surface area contributed by atoms with Gasteiger partial charge in [0.05, 0.1) is 45.2 Å². The Balaban J connectivity index is 1.66. The molecular formula is C32H50O9. The third kappa shape index (κ3) is 15.5. The lowest BCUT2D eigenvalue weighted by molar-refractivity contribution is -0.148. The van der Waals surface area contributed by atoms with Gasteiger partial charge in [0, 0.05) is 32.8 Å². The second kappa shape index (κ2) is 21.4. The number of esters is 2. The highest BCUT2D eigenvalue weighted by Crippen LogP contribution is 2.40. The Morgan fingerprint density at radius 3 is 2.39 bits per heavy atom. The number of hydrogen-bond donors (Lipinski definition) is 2. The summed E-state index contributed by atoms with van der Waals surface area (Å²) in [5.74, 6) is -0.663. The Kier molecular flexibility index (Phi) is 18.2. The van der Waals surface area contributed by atoms with E-state index in [1.165, 1.54) is 12.5 Å². The molecule has 1 aromatic carbocycles. The van der Waals surface area contributed by atoms with E-state index in [-0.39, 0.29) is 36.5 Å². The molecule has 232 valence electrons. The van der Waals surface area contributed by atoms with E-state index in [1.54, 1.807) is 7.11 Å². The molecule has 1 fully saturated rings. The third-order valence-electron chi connectivity index (χ3n) is 7.38. The van der Waals surface area contributed by atoms with Crippen molar-refractivity contribution in [1.82, 2.24) is 0 Å². The van der Waals surface area contributed by atoms with Gasteiger partial charge in [-0.05, 0) is 56.4 Å². The summed E-state index contributed by atoms with van der Waals surface area (Å²) in [4.78, 5) is 23.6. The van der Waals surface area contributed by atoms with Crippen LogP contribution < -0.4 is 0 Å². The molecule has 0 amide bonds. The van der Waals surface area contributed by atoms with E-state index in [1.807, 2.05) is 30.4 Å². The van der Waals surface area contributed by atoms with Crippen molar-refractivity contribution >= 4 is 11.9 Å². The molecule has 0 bridgehead atoms. The number of unbranched alkanes of at least 4 members (excludes halogenated alkanes) is 1. The lowest BCUT2D eigenvalue weighted by Crippen LogP contribution is -2.26. The number of rotatable bonds is 22. The number of aryl methyl sites for hydroxylation is 1. The van der Waals surface area contributed by atoms with Crippen LogP contribution in [0.15, 0.2) is 42.5 Å². The topological polar surface area (TPSA) is 121 Å². The Morgan fingerprint density at radius 2 is 1.68 bits per heavy atom. The lowest BCUT2D eigenvalue weighted by Gasteiger charge is -2.25. The Bertz CT molecular complexity index is 860. The normalized spacial score (nSPS) is 21.3. The quantitative estimate of drug-likeness (QED) is 0.119. The molecule has 1 aliphatic carbocycles. The minimum Gasteiger partial charge on any atom is -0.463 e. The standard InChI is InChI=1S/C32H50O9/c1-25(33)41-31-24-30(35)28(17-16-27(34)15-14-26-10-6-5-7-11-26)29(31)12-8-3-4-9-13-32(36)40-23-22-39-21-20-38-19-18-37-2/h3,5-8,10-11,27-31,34-35H,4,9,12-24H2,1-2H3/b8-3-/t27-,28+,29+,30+,31-/m0/s1. The van der Waals surface area contributed by atoms with Crippen LogP contribution in [0.25, 0.3) is 0 Å². The van der Waals surface area contributed by atoms with Crippen LogP contribution in [0.2, 0.25) is 0 Å². The summed E-state index contributed by atoms with van der Waals surface area (Å²) in [6, 6.07) is 10.1. The molecular weight excluding hydrogens is 528 g/mol. The van der Waals surface area contributed by atoms with Crippen LogP contribution in [0.1, 0.15) is 63.9 Å². The van der Waals surface area contributed by atoms with Crippen molar-refractivity contribution in [1.29, 1.82) is 0 Å². The predicted molar refractivity (Wildman–Crippen MR) is 155 cm³/mol. The molecule has 0 spiro atoms. The van der Waals surface area contributed by atoms with Crippen molar-refractivity contribution in [2.75, 3.05) is 46.8 Å². The third-order valence-corrected chi connectivity index (χ3v) is 7.38. The highest BCUT2D eigenvalue weighted by Gasteiger charge is 2.43. The van der Waals surface area contributed by atoms with Gasteiger partial charge in [-0.25, -0.2) is 0 Å². The van der Waals surface area contributed by atoms with Crippen molar-refractivity contribution in [3.05, 3.63) is 48.0 Å². The highest BCUT2D eigenvalue weighted by molar-refractivity contribution is 5.69. The van der Waals surface area contributed by atoms with E-state index in [2.05, 4.69) is 12.1 Å². The summed E-state index contributed by atoms with van der Waals surface area (Å²) in [6.07, 6.45) is 8.26. The van der Waals surface area contributed by atoms with Crippen molar-refractivity contribution in [2.24, 2.45) is 11.8 Å². The van der Waals surface area contributed by atoms with E-state index in [4.69, 9.17) is 23.7 Å². The van der Waals surface area contributed by atoms with Crippen molar-refractivity contribution < 1.29 is 43.5 Å². The molecule has 1 aliphatic rings. The molecule has 41 heavy (non-hydrogen) atoms. The maximum absolute atomic E-state index is 11.9. The van der Waals surface area contributed by atoms with Gasteiger partial charge in [-0.15, -0.1) is 0 Å². The zero-order valence-corrected chi connectivity index (χ0v) is 24.8. The first kappa shape index (κ1) is 34.9. The first-order valence-corrected chi connectivity index (χ1v) is 14.9. The maximum atomic E-state index is 11.9. The number of ether oxygens (including phenoxy) is 5. The minimum absolute atomic E-state index is 0.0122. The minimum atomic E-state index is -0.569. The van der Waals surface area contributed by atoms with Gasteiger partial charge in [0.15, 0.2) is 0 Å². The van der Waals surface area contributed by atoms with E-state index >= 15 is 0 Å². The Morgan fingerprint density at radius 1 is 0.976 bits per heavy atom. The van der Waals surface area contributed by atoms with Crippen LogP contribution in [-0.2, 0) is 39.7 Å². The molecule has 5 atom stereocenters. The second-order valence-corrected chi connectivity index (χ2v) is 10.6. The van der Waals surface area contributed by atoms with Gasteiger partial charge in [0.1, 0.15) is 12.7 Å². The number of carbonyl (C=O) groups is 2. The summed E-state index contributed by atoms with van der Waals surface area (Å²) >= 11 is 0. The molecule has 2 N–H and O–H groups in total. The molecule has 0 aliphatic heterocycles. The van der Waals surface area contributed by atoms with Crippen LogP contribution in [0.5, 0.6) is 0 Å². The lowest BCUT2D eigenvalue weighted by atomic mass is 9.85. The summed E-state index contributed by atoms with van der Waals surface area (Å²) in [7, 11) is 1.62.